The molecule has 4 aromatic carbocycles. The maximum absolute atomic E-state index is 5.31. The van der Waals surface area contributed by atoms with Crippen LogP contribution in [0.4, 0.5) is 0 Å². The van der Waals surface area contributed by atoms with Gasteiger partial charge in [-0.05, 0) is 65.2 Å². The molecule has 3 heterocycles. The summed E-state index contributed by atoms with van der Waals surface area (Å²) in [5.74, 6) is 0. The molecule has 4 nitrogen and oxygen atoms in total. The topological polar surface area (TPSA) is 34.6 Å². The van der Waals surface area contributed by atoms with E-state index in [0.29, 0.717) is 6.04 Å². The van der Waals surface area contributed by atoms with Crippen LogP contribution in [-0.2, 0) is 0 Å². The number of hydrogen-bond donors (Lipinski definition) is 0. The van der Waals surface area contributed by atoms with Crippen molar-refractivity contribution in [3.63, 3.8) is 0 Å². The van der Waals surface area contributed by atoms with Crippen molar-refractivity contribution >= 4 is 44.5 Å². The molecule has 2 aliphatic heterocycles. The molecule has 1 aromatic heterocycles. The molecule has 0 amide bonds. The summed E-state index contributed by atoms with van der Waals surface area (Å²) in [6, 6.07) is 36.6. The van der Waals surface area contributed by atoms with Crippen LogP contribution in [0.15, 0.2) is 162 Å². The van der Waals surface area contributed by atoms with Gasteiger partial charge in [-0.2, -0.15) is 0 Å². The van der Waals surface area contributed by atoms with Crippen molar-refractivity contribution in [3.05, 3.63) is 179 Å². The predicted octanol–water partition coefficient (Wildman–Crippen LogP) is 9.34. The highest BCUT2D eigenvalue weighted by Crippen LogP contribution is 2.42. The summed E-state index contributed by atoms with van der Waals surface area (Å²) in [5.41, 5.74) is 11.2. The van der Waals surface area contributed by atoms with Crippen LogP contribution in [0.5, 0.6) is 0 Å². The molecule has 9 rings (SSSR count). The van der Waals surface area contributed by atoms with Crippen LogP contribution in [0.2, 0.25) is 0 Å². The molecule has 0 spiro atoms. The molecule has 0 saturated carbocycles. The van der Waals surface area contributed by atoms with E-state index in [-0.39, 0.29) is 12.2 Å². The van der Waals surface area contributed by atoms with Gasteiger partial charge in [-0.25, -0.2) is 0 Å². The second-order valence-electron chi connectivity index (χ2n) is 12.0. The summed E-state index contributed by atoms with van der Waals surface area (Å²) in [6.07, 6.45) is 18.0. The van der Waals surface area contributed by atoms with Crippen molar-refractivity contribution in [2.24, 2.45) is 4.99 Å². The Hall–Kier alpha value is -5.45. The lowest BCUT2D eigenvalue weighted by molar-refractivity contribution is 0.237. The third-order valence-electron chi connectivity index (χ3n) is 9.44. The van der Waals surface area contributed by atoms with Gasteiger partial charge in [-0.3, -0.25) is 9.89 Å². The summed E-state index contributed by atoms with van der Waals surface area (Å²) >= 11 is 0. The van der Waals surface area contributed by atoms with Crippen LogP contribution in [-0.4, -0.2) is 34.3 Å². The average molecular weight is 580 g/mol. The van der Waals surface area contributed by atoms with Gasteiger partial charge in [0, 0.05) is 16.5 Å². The molecular weight excluding hydrogens is 548 g/mol. The maximum atomic E-state index is 5.31. The summed E-state index contributed by atoms with van der Waals surface area (Å²) in [6.45, 7) is 0. The molecule has 0 radical (unpaired) electrons. The smallest absolute Gasteiger partial charge is 0.107 e. The Morgan fingerprint density at radius 1 is 0.667 bits per heavy atom. The van der Waals surface area contributed by atoms with Gasteiger partial charge in [0.15, 0.2) is 0 Å². The second kappa shape index (κ2) is 10.3. The molecule has 2 aliphatic carbocycles. The van der Waals surface area contributed by atoms with Crippen molar-refractivity contribution in [3.8, 4) is 0 Å². The average Bonchev–Trinajstić information content (AvgIpc) is 3.61. The molecule has 45 heavy (non-hydrogen) atoms. The number of allylic oxidation sites excluding steroid dienone is 4. The van der Waals surface area contributed by atoms with Gasteiger partial charge in [0.05, 0.1) is 22.8 Å². The monoisotopic (exact) mass is 579 g/mol. The lowest BCUT2D eigenvalue weighted by atomic mass is 9.92. The lowest BCUT2D eigenvalue weighted by Crippen LogP contribution is -2.31. The van der Waals surface area contributed by atoms with Gasteiger partial charge >= 0.3 is 0 Å². The van der Waals surface area contributed by atoms with Gasteiger partial charge in [0.2, 0.25) is 0 Å². The molecule has 0 bridgehead atoms. The molecule has 3 unspecified atom stereocenters. The molecule has 4 heteroatoms. The number of hydrogen-bond acceptors (Lipinski definition) is 2. The number of para-hydroxylation sites is 1. The normalized spacial score (nSPS) is 22.2. The fourth-order valence-electron chi connectivity index (χ4n) is 7.22. The highest BCUT2D eigenvalue weighted by molar-refractivity contribution is 6.17. The van der Waals surface area contributed by atoms with E-state index in [0.717, 1.165) is 28.2 Å². The molecule has 216 valence electrons. The van der Waals surface area contributed by atoms with Crippen LogP contribution < -0.4 is 0 Å². The summed E-state index contributed by atoms with van der Waals surface area (Å²) < 4.78 is 2.50. The first-order valence-corrected chi connectivity index (χ1v) is 15.6. The van der Waals surface area contributed by atoms with Gasteiger partial charge in [-0.15, -0.1) is 5.70 Å². The predicted molar refractivity (Wildman–Crippen MR) is 188 cm³/mol. The minimum Gasteiger partial charge on any atom is -0.671 e. The Bertz CT molecular complexity index is 2210. The Labute approximate surface area is 263 Å². The van der Waals surface area contributed by atoms with Gasteiger partial charge in [0.25, 0.3) is 0 Å². The van der Waals surface area contributed by atoms with E-state index >= 15 is 0 Å². The fourth-order valence-corrected chi connectivity index (χ4v) is 7.22. The number of likely N-dealkylation sites (N-methyl/N-ethyl adjacent to an activating group) is 1. The fraction of sp³-hybridized carbons (Fsp3) is 0.0976. The standard InChI is InChI=1S/C41H31N4/c1-44-36-18-10-8-16-31(36)26-39(44)45-37-19-11-9-17-32(37)33-24-29(21-23-38(33)45)30-20-22-34-35(25-30)43-41(28-14-6-3-7-15-28)40(42-34)27-12-4-2-5-13-27/h2-26,35-36,39H,1H3/q-1. The molecule has 4 aliphatic rings. The number of fused-ring (bicyclic) bond motifs is 5. The van der Waals surface area contributed by atoms with E-state index in [1.165, 1.54) is 38.5 Å². The van der Waals surface area contributed by atoms with Crippen LogP contribution in [0.25, 0.3) is 44.1 Å². The number of aromatic nitrogens is 1. The molecule has 0 saturated heterocycles. The third-order valence-corrected chi connectivity index (χ3v) is 9.44. The molecule has 5 aromatic rings. The van der Waals surface area contributed by atoms with Crippen LogP contribution in [0.1, 0.15) is 22.9 Å². The Kier molecular flexibility index (Phi) is 5.97. The molecule has 0 fully saturated rings. The number of benzene rings is 4. The summed E-state index contributed by atoms with van der Waals surface area (Å²) in [7, 11) is 2.23. The van der Waals surface area contributed by atoms with E-state index in [4.69, 9.17) is 10.3 Å². The Morgan fingerprint density at radius 2 is 1.42 bits per heavy atom. The first-order valence-electron chi connectivity index (χ1n) is 15.6. The van der Waals surface area contributed by atoms with Gasteiger partial charge in [-0.1, -0.05) is 127 Å². The first kappa shape index (κ1) is 26.0. The molecule has 0 N–H and O–H groups in total. The van der Waals surface area contributed by atoms with E-state index < -0.39 is 0 Å². The van der Waals surface area contributed by atoms with Crippen molar-refractivity contribution in [1.82, 2.24) is 9.47 Å². The molecule has 3 atom stereocenters. The highest BCUT2D eigenvalue weighted by atomic mass is 15.3. The van der Waals surface area contributed by atoms with Gasteiger partial charge < -0.3 is 9.88 Å². The van der Waals surface area contributed by atoms with Crippen molar-refractivity contribution < 1.29 is 0 Å². The van der Waals surface area contributed by atoms with E-state index in [9.17, 15) is 0 Å². The largest absolute Gasteiger partial charge is 0.671 e. The van der Waals surface area contributed by atoms with Crippen molar-refractivity contribution in [2.45, 2.75) is 18.2 Å². The summed E-state index contributed by atoms with van der Waals surface area (Å²) in [4.78, 5) is 7.64. The third kappa shape index (κ3) is 4.21. The van der Waals surface area contributed by atoms with Gasteiger partial charge in [0.1, 0.15) is 6.17 Å². The van der Waals surface area contributed by atoms with E-state index in [2.05, 4.69) is 156 Å². The van der Waals surface area contributed by atoms with Crippen molar-refractivity contribution in [1.29, 1.82) is 0 Å². The molecular formula is C41H31N4-. The zero-order valence-corrected chi connectivity index (χ0v) is 25.0. The van der Waals surface area contributed by atoms with Crippen molar-refractivity contribution in [2.75, 3.05) is 7.05 Å². The van der Waals surface area contributed by atoms with Crippen LogP contribution >= 0.6 is 0 Å². The Morgan fingerprint density at radius 3 is 2.24 bits per heavy atom. The first-order chi connectivity index (χ1) is 22.2. The minimum absolute atomic E-state index is 0.140. The van der Waals surface area contributed by atoms with Crippen LogP contribution in [0, 0.1) is 0 Å². The zero-order valence-electron chi connectivity index (χ0n) is 25.0. The number of rotatable bonds is 4. The quantitative estimate of drug-likeness (QED) is 0.209. The minimum atomic E-state index is -0.145. The zero-order chi connectivity index (χ0) is 29.9. The number of nitrogens with zero attached hydrogens (tertiary/aromatic N) is 4. The van der Waals surface area contributed by atoms with E-state index in [1.54, 1.807) is 0 Å². The second-order valence-corrected chi connectivity index (χ2v) is 12.0. The highest BCUT2D eigenvalue weighted by Gasteiger charge is 2.32. The number of aliphatic imine (C=N–C) groups is 1. The Balaban J connectivity index is 1.12. The lowest BCUT2D eigenvalue weighted by Gasteiger charge is -2.40. The van der Waals surface area contributed by atoms with E-state index in [1.807, 2.05) is 12.1 Å². The maximum Gasteiger partial charge on any atom is 0.107 e. The SMILES string of the molecule is CN1C2C=CC=CC2=CC1n1c2ccccc2c2cc(C3=CC4[N-]C(c5ccccc5)=C(c5ccccc5)N=C4C=C3)ccc21. The van der Waals surface area contributed by atoms with Crippen LogP contribution in [0.3, 0.4) is 0 Å². The summed E-state index contributed by atoms with van der Waals surface area (Å²) in [5, 5.41) is 7.85.